The summed E-state index contributed by atoms with van der Waals surface area (Å²) in [6.45, 7) is 6.25. The van der Waals surface area contributed by atoms with E-state index in [-0.39, 0.29) is 29.9 Å². The van der Waals surface area contributed by atoms with Crippen LogP contribution in [0.3, 0.4) is 0 Å². The number of rotatable bonds is 7. The lowest BCUT2D eigenvalue weighted by molar-refractivity contribution is -0.138. The number of amides is 2. The third kappa shape index (κ3) is 4.73. The second-order valence-electron chi connectivity index (χ2n) is 9.09. The number of carbonyl (C=O) groups is 2. The summed E-state index contributed by atoms with van der Waals surface area (Å²) in [7, 11) is 0. The molecule has 4 rings (SSSR count). The quantitative estimate of drug-likeness (QED) is 0.737. The number of carbonyl (C=O) groups excluding carboxylic acids is 2. The zero-order chi connectivity index (χ0) is 21.8. The van der Waals surface area contributed by atoms with Gasteiger partial charge in [-0.3, -0.25) is 9.59 Å². The maximum atomic E-state index is 12.6. The fraction of sp³-hybridized carbons (Fsp3) is 0.565. The average Bonchev–Trinajstić information content (AvgIpc) is 3.25. The van der Waals surface area contributed by atoms with Crippen LogP contribution < -0.4 is 10.1 Å². The molecule has 2 amide bonds. The van der Waals surface area contributed by atoms with E-state index in [2.05, 4.69) is 29.5 Å². The number of likely N-dealkylation sites (tertiary alicyclic amines) is 1. The Morgan fingerprint density at radius 2 is 1.94 bits per heavy atom. The van der Waals surface area contributed by atoms with Crippen molar-refractivity contribution in [1.82, 2.24) is 25.2 Å². The Hall–Kier alpha value is -2.90. The van der Waals surface area contributed by atoms with Crippen LogP contribution in [0.25, 0.3) is 0 Å². The van der Waals surface area contributed by atoms with Crippen molar-refractivity contribution in [2.75, 3.05) is 26.2 Å². The number of aromatic nitrogens is 3. The maximum absolute atomic E-state index is 12.6. The van der Waals surface area contributed by atoms with Crippen molar-refractivity contribution < 1.29 is 14.3 Å². The van der Waals surface area contributed by atoms with Gasteiger partial charge in [0.05, 0.1) is 12.2 Å². The van der Waals surface area contributed by atoms with Gasteiger partial charge in [-0.15, -0.1) is 5.10 Å². The van der Waals surface area contributed by atoms with Gasteiger partial charge in [0.1, 0.15) is 5.75 Å². The summed E-state index contributed by atoms with van der Waals surface area (Å²) in [6, 6.07) is 9.66. The minimum absolute atomic E-state index is 0.0273. The summed E-state index contributed by atoms with van der Waals surface area (Å²) >= 11 is 0. The summed E-state index contributed by atoms with van der Waals surface area (Å²) in [6.07, 6.45) is 5.79. The van der Waals surface area contributed by atoms with E-state index < -0.39 is 0 Å². The summed E-state index contributed by atoms with van der Waals surface area (Å²) < 4.78 is 7.48. The second kappa shape index (κ2) is 9.08. The third-order valence-electron chi connectivity index (χ3n) is 6.57. The topological polar surface area (TPSA) is 89.4 Å². The molecule has 31 heavy (non-hydrogen) atoms. The molecule has 2 aliphatic rings. The largest absolute Gasteiger partial charge is 0.484 e. The highest BCUT2D eigenvalue weighted by atomic mass is 16.5. The zero-order valence-corrected chi connectivity index (χ0v) is 18.3. The first-order valence-corrected chi connectivity index (χ1v) is 11.1. The average molecular weight is 426 g/mol. The van der Waals surface area contributed by atoms with Gasteiger partial charge in [0.15, 0.2) is 12.3 Å². The maximum Gasteiger partial charge on any atom is 0.273 e. The third-order valence-corrected chi connectivity index (χ3v) is 6.57. The molecule has 166 valence electrons. The van der Waals surface area contributed by atoms with Gasteiger partial charge in [-0.2, -0.15) is 0 Å². The van der Waals surface area contributed by atoms with Crippen LogP contribution in [0.1, 0.15) is 56.1 Å². The number of para-hydroxylation sites is 1. The first-order valence-electron chi connectivity index (χ1n) is 11.1. The molecule has 0 radical (unpaired) electrons. The van der Waals surface area contributed by atoms with Gasteiger partial charge in [-0.05, 0) is 49.1 Å². The van der Waals surface area contributed by atoms with Crippen molar-refractivity contribution in [3.63, 3.8) is 0 Å². The van der Waals surface area contributed by atoms with Gasteiger partial charge < -0.3 is 15.0 Å². The molecule has 1 saturated carbocycles. The van der Waals surface area contributed by atoms with Gasteiger partial charge >= 0.3 is 0 Å². The van der Waals surface area contributed by atoms with Crippen LogP contribution in [0.4, 0.5) is 0 Å². The minimum atomic E-state index is -0.174. The molecule has 1 spiro atoms. The number of hydrogen-bond acceptors (Lipinski definition) is 5. The van der Waals surface area contributed by atoms with E-state index in [1.54, 1.807) is 6.20 Å². The van der Waals surface area contributed by atoms with Crippen molar-refractivity contribution in [3.05, 3.63) is 42.2 Å². The number of nitrogens with zero attached hydrogens (tertiary/aromatic N) is 4. The van der Waals surface area contributed by atoms with E-state index in [0.717, 1.165) is 38.8 Å². The molecular formula is C23H31N5O3. The molecule has 1 atom stereocenters. The minimum Gasteiger partial charge on any atom is -0.484 e. The van der Waals surface area contributed by atoms with Crippen molar-refractivity contribution in [1.29, 1.82) is 0 Å². The fourth-order valence-electron chi connectivity index (χ4n) is 4.55. The van der Waals surface area contributed by atoms with Gasteiger partial charge in [-0.25, -0.2) is 4.68 Å². The lowest BCUT2D eigenvalue weighted by Crippen LogP contribution is -2.52. The second-order valence-corrected chi connectivity index (χ2v) is 9.09. The number of benzene rings is 1. The first kappa shape index (κ1) is 21.3. The van der Waals surface area contributed by atoms with Gasteiger partial charge in [-0.1, -0.05) is 37.3 Å². The smallest absolute Gasteiger partial charge is 0.273 e. The van der Waals surface area contributed by atoms with Crippen molar-refractivity contribution in [2.24, 2.45) is 11.3 Å². The van der Waals surface area contributed by atoms with E-state index >= 15 is 0 Å². The Morgan fingerprint density at radius 1 is 1.19 bits per heavy atom. The van der Waals surface area contributed by atoms with E-state index in [9.17, 15) is 9.59 Å². The molecule has 1 saturated heterocycles. The molecular weight excluding hydrogens is 394 g/mol. The molecule has 1 aromatic carbocycles. The van der Waals surface area contributed by atoms with E-state index in [1.165, 1.54) is 0 Å². The van der Waals surface area contributed by atoms with Crippen molar-refractivity contribution in [2.45, 2.75) is 45.6 Å². The molecule has 2 aromatic rings. The first-order chi connectivity index (χ1) is 15.0. The SMILES string of the molecule is CC(C)CNC(=O)c1cn(C2CCC23CCN(C(=O)COc2ccccc2)CC3)nn1. The highest BCUT2D eigenvalue weighted by Crippen LogP contribution is 2.56. The van der Waals surface area contributed by atoms with E-state index in [0.29, 0.717) is 23.9 Å². The highest BCUT2D eigenvalue weighted by Gasteiger charge is 2.50. The number of ether oxygens (including phenoxy) is 1. The van der Waals surface area contributed by atoms with Crippen LogP contribution in [0.2, 0.25) is 0 Å². The molecule has 1 aliphatic carbocycles. The Bertz CT molecular complexity index is 903. The van der Waals surface area contributed by atoms with Crippen LogP contribution >= 0.6 is 0 Å². The van der Waals surface area contributed by atoms with E-state index in [1.807, 2.05) is 39.9 Å². The molecule has 8 nitrogen and oxygen atoms in total. The fourth-order valence-corrected chi connectivity index (χ4v) is 4.55. The molecule has 1 N–H and O–H groups in total. The lowest BCUT2D eigenvalue weighted by atomic mass is 9.59. The predicted molar refractivity (Wildman–Crippen MR) is 116 cm³/mol. The summed E-state index contributed by atoms with van der Waals surface area (Å²) in [5, 5.41) is 11.2. The predicted octanol–water partition coefficient (Wildman–Crippen LogP) is 2.69. The summed E-state index contributed by atoms with van der Waals surface area (Å²) in [4.78, 5) is 26.7. The lowest BCUT2D eigenvalue weighted by Gasteiger charge is -2.53. The normalized spacial score (nSPS) is 19.8. The van der Waals surface area contributed by atoms with Gasteiger partial charge in [0.25, 0.3) is 11.8 Å². The summed E-state index contributed by atoms with van der Waals surface area (Å²) in [5.74, 6) is 0.953. The van der Waals surface area contributed by atoms with Crippen LogP contribution in [-0.4, -0.2) is 57.9 Å². The molecule has 1 unspecified atom stereocenters. The van der Waals surface area contributed by atoms with Crippen molar-refractivity contribution in [3.8, 4) is 5.75 Å². The number of piperidine rings is 1. The highest BCUT2D eigenvalue weighted by molar-refractivity contribution is 5.91. The van der Waals surface area contributed by atoms with Gasteiger partial charge in [0, 0.05) is 19.6 Å². The Morgan fingerprint density at radius 3 is 2.58 bits per heavy atom. The molecule has 2 fully saturated rings. The monoisotopic (exact) mass is 425 g/mol. The summed E-state index contributed by atoms with van der Waals surface area (Å²) in [5.41, 5.74) is 0.504. The Kier molecular flexibility index (Phi) is 6.25. The van der Waals surface area contributed by atoms with Crippen LogP contribution in [-0.2, 0) is 4.79 Å². The Balaban J connectivity index is 1.30. The van der Waals surface area contributed by atoms with E-state index in [4.69, 9.17) is 4.74 Å². The number of hydrogen-bond donors (Lipinski definition) is 1. The van der Waals surface area contributed by atoms with Crippen molar-refractivity contribution >= 4 is 11.8 Å². The van der Waals surface area contributed by atoms with Crippen LogP contribution in [0.5, 0.6) is 5.75 Å². The standard InChI is InChI=1S/C23H31N5O3/c1-17(2)14-24-22(30)19-15-28(26-25-19)20-8-9-23(20)10-12-27(13-11-23)21(29)16-31-18-6-4-3-5-7-18/h3-7,15,17,20H,8-14,16H2,1-2H3,(H,24,30). The molecule has 1 aromatic heterocycles. The van der Waals surface area contributed by atoms with Gasteiger partial charge in [0.2, 0.25) is 0 Å². The molecule has 2 heterocycles. The van der Waals surface area contributed by atoms with Crippen LogP contribution in [0.15, 0.2) is 36.5 Å². The number of nitrogens with one attached hydrogen (secondary N) is 1. The molecule has 8 heteroatoms. The molecule has 1 aliphatic heterocycles. The molecule has 0 bridgehead atoms. The zero-order valence-electron chi connectivity index (χ0n) is 18.3. The Labute approximate surface area is 182 Å². The van der Waals surface area contributed by atoms with Crippen LogP contribution in [0, 0.1) is 11.3 Å².